The molecule has 1 rings (SSSR count). The number of hydrogen-bond donors (Lipinski definition) is 2. The number of carbonyl (C=O) groups excluding carboxylic acids is 1. The molecule has 4 heteroatoms. The van der Waals surface area contributed by atoms with Crippen LogP contribution in [0.5, 0.6) is 0 Å². The Labute approximate surface area is 77.2 Å². The monoisotopic (exact) mass is 179 g/mol. The van der Waals surface area contributed by atoms with Crippen LogP contribution >= 0.6 is 0 Å². The van der Waals surface area contributed by atoms with E-state index >= 15 is 0 Å². The molecule has 13 heavy (non-hydrogen) atoms. The molecule has 3 N–H and O–H groups in total. The molecule has 4 nitrogen and oxygen atoms in total. The van der Waals surface area contributed by atoms with E-state index in [-0.39, 0.29) is 12.5 Å². The molecular formula is C9H13N3O. The number of aryl methyl sites for hydroxylation is 2. The van der Waals surface area contributed by atoms with E-state index in [0.717, 1.165) is 11.3 Å². The average molecular weight is 179 g/mol. The first-order valence-electron chi connectivity index (χ1n) is 4.07. The first-order valence-corrected chi connectivity index (χ1v) is 4.07. The van der Waals surface area contributed by atoms with Gasteiger partial charge in [0.15, 0.2) is 0 Å². The normalized spacial score (nSPS) is 9.77. The number of amides is 1. The maximum atomic E-state index is 10.9. The number of anilines is 1. The molecule has 70 valence electrons. The van der Waals surface area contributed by atoms with E-state index in [1.54, 1.807) is 6.07 Å². The summed E-state index contributed by atoms with van der Waals surface area (Å²) in [5, 5.41) is 2.60. The molecule has 1 aromatic rings. The van der Waals surface area contributed by atoms with Crippen LogP contribution in [0, 0.1) is 13.8 Å². The number of nitrogens with zero attached hydrogens (tertiary/aromatic N) is 1. The van der Waals surface area contributed by atoms with Gasteiger partial charge in [-0.2, -0.15) is 0 Å². The maximum absolute atomic E-state index is 10.9. The van der Waals surface area contributed by atoms with Crippen molar-refractivity contribution in [2.24, 2.45) is 5.73 Å². The van der Waals surface area contributed by atoms with Crippen molar-refractivity contribution in [1.82, 2.24) is 4.98 Å². The Hall–Kier alpha value is -1.42. The van der Waals surface area contributed by atoms with Crippen LogP contribution in [-0.2, 0) is 4.79 Å². The third-order valence-corrected chi connectivity index (χ3v) is 1.55. The maximum Gasteiger partial charge on any atom is 0.239 e. The Balaban J connectivity index is 2.83. The highest BCUT2D eigenvalue weighted by Crippen LogP contribution is 2.08. The van der Waals surface area contributed by atoms with Gasteiger partial charge in [0.2, 0.25) is 5.91 Å². The standard InChI is InChI=1S/C9H13N3O/c1-6-3-7(2)11-8(4-6)12-9(13)5-10/h3-4H,5,10H2,1-2H3,(H,11,12,13). The summed E-state index contributed by atoms with van der Waals surface area (Å²) in [4.78, 5) is 15.1. The van der Waals surface area contributed by atoms with Crippen molar-refractivity contribution in [2.75, 3.05) is 11.9 Å². The van der Waals surface area contributed by atoms with Crippen molar-refractivity contribution < 1.29 is 4.79 Å². The number of aromatic nitrogens is 1. The highest BCUT2D eigenvalue weighted by atomic mass is 16.1. The number of nitrogens with one attached hydrogen (secondary N) is 1. The Bertz CT molecular complexity index is 302. The fourth-order valence-electron chi connectivity index (χ4n) is 1.10. The molecule has 1 amide bonds. The molecule has 0 spiro atoms. The second kappa shape index (κ2) is 4.00. The van der Waals surface area contributed by atoms with E-state index in [0.29, 0.717) is 5.82 Å². The minimum absolute atomic E-state index is 0.0192. The Morgan fingerprint density at radius 2 is 2.23 bits per heavy atom. The van der Waals surface area contributed by atoms with Crippen molar-refractivity contribution in [2.45, 2.75) is 13.8 Å². The molecular weight excluding hydrogens is 166 g/mol. The second-order valence-corrected chi connectivity index (χ2v) is 2.92. The lowest BCUT2D eigenvalue weighted by molar-refractivity contribution is -0.114. The van der Waals surface area contributed by atoms with Gasteiger partial charge in [0, 0.05) is 5.69 Å². The summed E-state index contributed by atoms with van der Waals surface area (Å²) in [7, 11) is 0. The Kier molecular flexibility index (Phi) is 2.97. The van der Waals surface area contributed by atoms with Crippen LogP contribution in [0.1, 0.15) is 11.3 Å². The van der Waals surface area contributed by atoms with Gasteiger partial charge in [0.1, 0.15) is 5.82 Å². The molecule has 0 saturated heterocycles. The number of pyridine rings is 1. The number of nitrogens with two attached hydrogens (primary N) is 1. The molecule has 0 aliphatic heterocycles. The summed E-state index contributed by atoms with van der Waals surface area (Å²) >= 11 is 0. The summed E-state index contributed by atoms with van der Waals surface area (Å²) < 4.78 is 0. The molecule has 0 atom stereocenters. The average Bonchev–Trinajstić information content (AvgIpc) is 2.02. The summed E-state index contributed by atoms with van der Waals surface area (Å²) in [6.45, 7) is 3.81. The first kappa shape index (κ1) is 9.67. The highest BCUT2D eigenvalue weighted by Gasteiger charge is 2.01. The lowest BCUT2D eigenvalue weighted by Crippen LogP contribution is -2.22. The van der Waals surface area contributed by atoms with Gasteiger partial charge in [-0.25, -0.2) is 4.98 Å². The van der Waals surface area contributed by atoms with Gasteiger partial charge in [-0.3, -0.25) is 4.79 Å². The largest absolute Gasteiger partial charge is 0.322 e. The second-order valence-electron chi connectivity index (χ2n) is 2.92. The third-order valence-electron chi connectivity index (χ3n) is 1.55. The Morgan fingerprint density at radius 1 is 1.54 bits per heavy atom. The zero-order valence-electron chi connectivity index (χ0n) is 7.79. The zero-order valence-corrected chi connectivity index (χ0v) is 7.79. The van der Waals surface area contributed by atoms with E-state index in [1.807, 2.05) is 19.9 Å². The lowest BCUT2D eigenvalue weighted by atomic mass is 10.2. The molecule has 1 heterocycles. The van der Waals surface area contributed by atoms with Crippen LogP contribution in [0.25, 0.3) is 0 Å². The van der Waals surface area contributed by atoms with E-state index in [1.165, 1.54) is 0 Å². The van der Waals surface area contributed by atoms with Crippen LogP contribution in [0.3, 0.4) is 0 Å². The smallest absolute Gasteiger partial charge is 0.239 e. The predicted octanol–water partition coefficient (Wildman–Crippen LogP) is 0.596. The quantitative estimate of drug-likeness (QED) is 0.698. The van der Waals surface area contributed by atoms with Crippen LogP contribution in [-0.4, -0.2) is 17.4 Å². The van der Waals surface area contributed by atoms with E-state index in [9.17, 15) is 4.79 Å². The van der Waals surface area contributed by atoms with Gasteiger partial charge < -0.3 is 11.1 Å². The molecule has 0 aliphatic carbocycles. The van der Waals surface area contributed by atoms with Crippen molar-refractivity contribution in [3.63, 3.8) is 0 Å². The molecule has 0 aliphatic rings. The summed E-state index contributed by atoms with van der Waals surface area (Å²) in [6, 6.07) is 3.75. The molecule has 0 bridgehead atoms. The lowest BCUT2D eigenvalue weighted by Gasteiger charge is -2.04. The third kappa shape index (κ3) is 2.83. The fraction of sp³-hybridized carbons (Fsp3) is 0.333. The molecule has 0 fully saturated rings. The molecule has 0 aromatic carbocycles. The van der Waals surface area contributed by atoms with Gasteiger partial charge in [0.05, 0.1) is 6.54 Å². The van der Waals surface area contributed by atoms with Crippen molar-refractivity contribution in [3.05, 3.63) is 23.4 Å². The number of hydrogen-bond acceptors (Lipinski definition) is 3. The zero-order chi connectivity index (χ0) is 9.84. The van der Waals surface area contributed by atoms with Gasteiger partial charge in [-0.15, -0.1) is 0 Å². The minimum Gasteiger partial charge on any atom is -0.322 e. The molecule has 0 radical (unpaired) electrons. The summed E-state index contributed by atoms with van der Waals surface area (Å²) in [5.74, 6) is 0.338. The van der Waals surface area contributed by atoms with Crippen LogP contribution in [0.4, 0.5) is 5.82 Å². The van der Waals surface area contributed by atoms with Crippen LogP contribution < -0.4 is 11.1 Å². The SMILES string of the molecule is Cc1cc(C)nc(NC(=O)CN)c1. The topological polar surface area (TPSA) is 68.0 Å². The van der Waals surface area contributed by atoms with Crippen molar-refractivity contribution >= 4 is 11.7 Å². The predicted molar refractivity (Wildman–Crippen MR) is 51.4 cm³/mol. The van der Waals surface area contributed by atoms with Gasteiger partial charge in [-0.05, 0) is 31.5 Å². The van der Waals surface area contributed by atoms with Gasteiger partial charge >= 0.3 is 0 Å². The van der Waals surface area contributed by atoms with E-state index in [4.69, 9.17) is 5.73 Å². The van der Waals surface area contributed by atoms with Crippen LogP contribution in [0.15, 0.2) is 12.1 Å². The molecule has 1 aromatic heterocycles. The van der Waals surface area contributed by atoms with E-state index in [2.05, 4.69) is 10.3 Å². The molecule has 0 saturated carbocycles. The first-order chi connectivity index (χ1) is 6.11. The number of rotatable bonds is 2. The van der Waals surface area contributed by atoms with E-state index < -0.39 is 0 Å². The van der Waals surface area contributed by atoms with Crippen molar-refractivity contribution in [3.8, 4) is 0 Å². The fourth-order valence-corrected chi connectivity index (χ4v) is 1.10. The minimum atomic E-state index is -0.225. The van der Waals surface area contributed by atoms with Crippen LogP contribution in [0.2, 0.25) is 0 Å². The molecule has 0 unspecified atom stereocenters. The highest BCUT2D eigenvalue weighted by molar-refractivity contribution is 5.91. The number of carbonyl (C=O) groups is 1. The van der Waals surface area contributed by atoms with Crippen molar-refractivity contribution in [1.29, 1.82) is 0 Å². The summed E-state index contributed by atoms with van der Waals surface area (Å²) in [6.07, 6.45) is 0. The van der Waals surface area contributed by atoms with Gasteiger partial charge in [0.25, 0.3) is 0 Å². The van der Waals surface area contributed by atoms with Gasteiger partial charge in [-0.1, -0.05) is 0 Å². The Morgan fingerprint density at radius 3 is 2.77 bits per heavy atom. The summed E-state index contributed by atoms with van der Waals surface area (Å²) in [5.41, 5.74) is 7.11.